The van der Waals surface area contributed by atoms with Gasteiger partial charge in [0.25, 0.3) is 0 Å². The van der Waals surface area contributed by atoms with Crippen LogP contribution >= 0.6 is 0 Å². The van der Waals surface area contributed by atoms with Crippen LogP contribution in [0.25, 0.3) is 0 Å². The summed E-state index contributed by atoms with van der Waals surface area (Å²) in [6, 6.07) is 0. The van der Waals surface area contributed by atoms with Crippen LogP contribution in [0.2, 0.25) is 0 Å². The highest BCUT2D eigenvalue weighted by atomic mass is 16.4. The van der Waals surface area contributed by atoms with Gasteiger partial charge in [-0.3, -0.25) is 0 Å². The SMILES string of the molecule is CCc1ncc(C(=O)[O-])c(CC)n1. The van der Waals surface area contributed by atoms with Gasteiger partial charge in [-0.15, -0.1) is 0 Å². The molecular weight excluding hydrogens is 168 g/mol. The van der Waals surface area contributed by atoms with E-state index in [2.05, 4.69) is 9.97 Å². The third kappa shape index (κ3) is 2.02. The normalized spacial score (nSPS) is 10.0. The standard InChI is InChI=1S/C9H12N2O2/c1-3-7-6(9(12)13)5-10-8(4-2)11-7/h5H,3-4H2,1-2H3,(H,12,13)/p-1. The van der Waals surface area contributed by atoms with Crippen LogP contribution in [0.4, 0.5) is 0 Å². The molecule has 0 aliphatic heterocycles. The van der Waals surface area contributed by atoms with Crippen molar-refractivity contribution >= 4 is 5.97 Å². The zero-order valence-electron chi connectivity index (χ0n) is 7.70. The second-order valence-electron chi connectivity index (χ2n) is 2.64. The van der Waals surface area contributed by atoms with Crippen molar-refractivity contribution < 1.29 is 9.90 Å². The Hall–Kier alpha value is -1.45. The van der Waals surface area contributed by atoms with Gasteiger partial charge in [-0.05, 0) is 6.42 Å². The second-order valence-corrected chi connectivity index (χ2v) is 2.64. The monoisotopic (exact) mass is 179 g/mol. The zero-order chi connectivity index (χ0) is 9.84. The third-order valence-corrected chi connectivity index (χ3v) is 1.79. The van der Waals surface area contributed by atoms with Gasteiger partial charge in [0.05, 0.1) is 11.7 Å². The van der Waals surface area contributed by atoms with Gasteiger partial charge in [0, 0.05) is 18.2 Å². The lowest BCUT2D eigenvalue weighted by atomic mass is 10.2. The fourth-order valence-corrected chi connectivity index (χ4v) is 1.07. The molecule has 70 valence electrons. The first kappa shape index (κ1) is 9.64. The Morgan fingerprint density at radius 3 is 2.62 bits per heavy atom. The summed E-state index contributed by atoms with van der Waals surface area (Å²) < 4.78 is 0. The minimum atomic E-state index is -1.21. The molecular formula is C9H11N2O2-. The van der Waals surface area contributed by atoms with Crippen LogP contribution in [0.3, 0.4) is 0 Å². The van der Waals surface area contributed by atoms with Crippen molar-refractivity contribution in [3.05, 3.63) is 23.3 Å². The van der Waals surface area contributed by atoms with Crippen LogP contribution in [0.1, 0.15) is 35.7 Å². The Kier molecular flexibility index (Phi) is 2.95. The first-order chi connectivity index (χ1) is 6.19. The van der Waals surface area contributed by atoms with Gasteiger partial charge >= 0.3 is 0 Å². The molecule has 0 amide bonds. The largest absolute Gasteiger partial charge is 0.545 e. The number of carbonyl (C=O) groups excluding carboxylic acids is 1. The van der Waals surface area contributed by atoms with Gasteiger partial charge in [-0.2, -0.15) is 0 Å². The molecule has 0 saturated carbocycles. The van der Waals surface area contributed by atoms with Crippen LogP contribution in [-0.4, -0.2) is 15.9 Å². The molecule has 1 aromatic heterocycles. The summed E-state index contributed by atoms with van der Waals surface area (Å²) in [5, 5.41) is 10.6. The Labute approximate surface area is 76.7 Å². The molecule has 0 N–H and O–H groups in total. The van der Waals surface area contributed by atoms with Crippen LogP contribution in [-0.2, 0) is 12.8 Å². The number of aryl methyl sites for hydroxylation is 2. The molecule has 1 rings (SSSR count). The molecule has 0 spiro atoms. The minimum absolute atomic E-state index is 0.0969. The van der Waals surface area contributed by atoms with Crippen molar-refractivity contribution in [2.45, 2.75) is 26.7 Å². The smallest absolute Gasteiger partial charge is 0.128 e. The summed E-state index contributed by atoms with van der Waals surface area (Å²) >= 11 is 0. The van der Waals surface area contributed by atoms with Crippen molar-refractivity contribution in [2.75, 3.05) is 0 Å². The summed E-state index contributed by atoms with van der Waals surface area (Å²) in [4.78, 5) is 18.6. The Morgan fingerprint density at radius 2 is 2.15 bits per heavy atom. The van der Waals surface area contributed by atoms with Crippen molar-refractivity contribution in [3.8, 4) is 0 Å². The van der Waals surface area contributed by atoms with Crippen LogP contribution in [0.5, 0.6) is 0 Å². The molecule has 4 heteroatoms. The summed E-state index contributed by atoms with van der Waals surface area (Å²) in [7, 11) is 0. The molecule has 0 aromatic carbocycles. The van der Waals surface area contributed by atoms with Gasteiger partial charge in [0.15, 0.2) is 0 Å². The average Bonchev–Trinajstić information content (AvgIpc) is 2.16. The molecule has 0 bridgehead atoms. The van der Waals surface area contributed by atoms with E-state index in [1.54, 1.807) is 0 Å². The summed E-state index contributed by atoms with van der Waals surface area (Å²) in [5.74, 6) is -0.540. The predicted octanol–water partition coefficient (Wildman–Crippen LogP) is -0.0351. The maximum absolute atomic E-state index is 10.6. The molecule has 0 radical (unpaired) electrons. The second kappa shape index (κ2) is 3.98. The number of carboxylic acid groups (broad SMARTS) is 1. The fraction of sp³-hybridized carbons (Fsp3) is 0.444. The average molecular weight is 179 g/mol. The van der Waals surface area contributed by atoms with Crippen LogP contribution in [0.15, 0.2) is 6.20 Å². The number of nitrogens with zero attached hydrogens (tertiary/aromatic N) is 2. The molecule has 0 fully saturated rings. The molecule has 0 saturated heterocycles. The highest BCUT2D eigenvalue weighted by Crippen LogP contribution is 2.05. The van der Waals surface area contributed by atoms with E-state index in [-0.39, 0.29) is 5.56 Å². The van der Waals surface area contributed by atoms with Crippen molar-refractivity contribution in [3.63, 3.8) is 0 Å². The number of aromatic carboxylic acids is 1. The highest BCUT2D eigenvalue weighted by Gasteiger charge is 2.04. The lowest BCUT2D eigenvalue weighted by Crippen LogP contribution is -2.25. The number of carbonyl (C=O) groups is 1. The van der Waals surface area contributed by atoms with Crippen molar-refractivity contribution in [2.24, 2.45) is 0 Å². The first-order valence-corrected chi connectivity index (χ1v) is 4.25. The molecule has 4 nitrogen and oxygen atoms in total. The van der Waals surface area contributed by atoms with E-state index >= 15 is 0 Å². The molecule has 13 heavy (non-hydrogen) atoms. The summed E-state index contributed by atoms with van der Waals surface area (Å²) in [6.07, 6.45) is 2.61. The van der Waals surface area contributed by atoms with Gasteiger partial charge in [0.2, 0.25) is 0 Å². The number of carboxylic acids is 1. The lowest BCUT2D eigenvalue weighted by molar-refractivity contribution is -0.255. The van der Waals surface area contributed by atoms with E-state index in [0.29, 0.717) is 24.4 Å². The Bertz CT molecular complexity index is 323. The van der Waals surface area contributed by atoms with Crippen molar-refractivity contribution in [1.82, 2.24) is 9.97 Å². The maximum Gasteiger partial charge on any atom is 0.128 e. The Balaban J connectivity index is 3.15. The molecule has 1 aromatic rings. The van der Waals surface area contributed by atoms with Gasteiger partial charge in [-0.1, -0.05) is 13.8 Å². The van der Waals surface area contributed by atoms with Crippen LogP contribution < -0.4 is 5.11 Å². The predicted molar refractivity (Wildman–Crippen MR) is 45.1 cm³/mol. The van der Waals surface area contributed by atoms with Gasteiger partial charge < -0.3 is 9.90 Å². The summed E-state index contributed by atoms with van der Waals surface area (Å²) in [6.45, 7) is 3.78. The number of hydrogen-bond acceptors (Lipinski definition) is 4. The molecule has 1 heterocycles. The molecule has 0 aliphatic rings. The topological polar surface area (TPSA) is 65.9 Å². The first-order valence-electron chi connectivity index (χ1n) is 4.25. The van der Waals surface area contributed by atoms with E-state index < -0.39 is 5.97 Å². The number of rotatable bonds is 3. The van der Waals surface area contributed by atoms with Crippen LogP contribution in [0, 0.1) is 0 Å². The van der Waals surface area contributed by atoms with E-state index in [1.165, 1.54) is 6.20 Å². The van der Waals surface area contributed by atoms with Crippen molar-refractivity contribution in [1.29, 1.82) is 0 Å². The Morgan fingerprint density at radius 1 is 1.46 bits per heavy atom. The van der Waals surface area contributed by atoms with E-state index in [9.17, 15) is 9.90 Å². The van der Waals surface area contributed by atoms with Gasteiger partial charge in [-0.25, -0.2) is 9.97 Å². The van der Waals surface area contributed by atoms with Gasteiger partial charge in [0.1, 0.15) is 5.82 Å². The fourth-order valence-electron chi connectivity index (χ4n) is 1.07. The quantitative estimate of drug-likeness (QED) is 0.653. The molecule has 0 unspecified atom stereocenters. The minimum Gasteiger partial charge on any atom is -0.545 e. The maximum atomic E-state index is 10.6. The lowest BCUT2D eigenvalue weighted by Gasteiger charge is -2.07. The number of aromatic nitrogens is 2. The third-order valence-electron chi connectivity index (χ3n) is 1.79. The number of hydrogen-bond donors (Lipinski definition) is 0. The molecule has 0 atom stereocenters. The highest BCUT2D eigenvalue weighted by molar-refractivity contribution is 5.86. The molecule has 0 aliphatic carbocycles. The zero-order valence-corrected chi connectivity index (χ0v) is 7.70. The van der Waals surface area contributed by atoms with E-state index in [1.807, 2.05) is 13.8 Å². The van der Waals surface area contributed by atoms with E-state index in [0.717, 1.165) is 0 Å². The van der Waals surface area contributed by atoms with E-state index in [4.69, 9.17) is 0 Å². The summed E-state index contributed by atoms with van der Waals surface area (Å²) in [5.41, 5.74) is 0.645.